The first-order valence-electron chi connectivity index (χ1n) is 6.01. The normalized spacial score (nSPS) is 39.6. The van der Waals surface area contributed by atoms with E-state index in [4.69, 9.17) is 24.1 Å². The summed E-state index contributed by atoms with van der Waals surface area (Å²) >= 11 is 0. The van der Waals surface area contributed by atoms with E-state index >= 15 is 0 Å². The molecule has 0 bridgehead atoms. The summed E-state index contributed by atoms with van der Waals surface area (Å²) in [6.07, 6.45) is -1.57. The first-order valence-corrected chi connectivity index (χ1v) is 6.01. The molecule has 0 saturated carbocycles. The SMILES string of the molecule is C=CCO[C@H]1C2OC(C)(C)O[C@H]2O[C@H]1C(O)CO. The highest BCUT2D eigenvalue weighted by atomic mass is 16.8. The van der Waals surface area contributed by atoms with E-state index in [2.05, 4.69) is 6.58 Å². The Morgan fingerprint density at radius 1 is 1.44 bits per heavy atom. The largest absolute Gasteiger partial charge is 0.394 e. The fourth-order valence-electron chi connectivity index (χ4n) is 2.29. The molecule has 2 rings (SSSR count). The van der Waals surface area contributed by atoms with E-state index in [1.165, 1.54) is 0 Å². The molecule has 6 heteroatoms. The number of rotatable bonds is 5. The van der Waals surface area contributed by atoms with Crippen molar-refractivity contribution in [3.8, 4) is 0 Å². The van der Waals surface area contributed by atoms with Crippen LogP contribution in [0.2, 0.25) is 0 Å². The van der Waals surface area contributed by atoms with Crippen molar-refractivity contribution in [2.24, 2.45) is 0 Å². The Hall–Kier alpha value is -0.500. The zero-order valence-corrected chi connectivity index (χ0v) is 10.6. The van der Waals surface area contributed by atoms with Gasteiger partial charge >= 0.3 is 0 Å². The van der Waals surface area contributed by atoms with E-state index in [0.29, 0.717) is 6.61 Å². The maximum atomic E-state index is 9.72. The van der Waals surface area contributed by atoms with Crippen LogP contribution in [0.1, 0.15) is 13.8 Å². The van der Waals surface area contributed by atoms with Gasteiger partial charge in [0.05, 0.1) is 13.2 Å². The predicted molar refractivity (Wildman–Crippen MR) is 61.7 cm³/mol. The van der Waals surface area contributed by atoms with Gasteiger partial charge in [-0.2, -0.15) is 0 Å². The zero-order valence-electron chi connectivity index (χ0n) is 10.6. The number of hydrogen-bond acceptors (Lipinski definition) is 6. The maximum Gasteiger partial charge on any atom is 0.190 e. The van der Waals surface area contributed by atoms with Gasteiger partial charge < -0.3 is 29.2 Å². The van der Waals surface area contributed by atoms with Crippen molar-refractivity contribution in [2.75, 3.05) is 13.2 Å². The molecule has 2 fully saturated rings. The van der Waals surface area contributed by atoms with Crippen molar-refractivity contribution in [3.63, 3.8) is 0 Å². The fourth-order valence-corrected chi connectivity index (χ4v) is 2.29. The van der Waals surface area contributed by atoms with Crippen LogP contribution in [0.5, 0.6) is 0 Å². The number of aliphatic hydroxyl groups is 2. The molecule has 0 aromatic rings. The first kappa shape index (κ1) is 13.9. The maximum absolute atomic E-state index is 9.72. The third kappa shape index (κ3) is 2.59. The van der Waals surface area contributed by atoms with Crippen LogP contribution >= 0.6 is 0 Å². The van der Waals surface area contributed by atoms with Gasteiger partial charge in [0.1, 0.15) is 24.4 Å². The predicted octanol–water partition coefficient (Wildman–Crippen LogP) is -0.213. The first-order chi connectivity index (χ1) is 8.48. The molecule has 2 saturated heterocycles. The van der Waals surface area contributed by atoms with Gasteiger partial charge in [0, 0.05) is 0 Å². The molecule has 0 aromatic heterocycles. The summed E-state index contributed by atoms with van der Waals surface area (Å²) < 4.78 is 22.4. The van der Waals surface area contributed by atoms with Gasteiger partial charge in [0.15, 0.2) is 12.1 Å². The van der Waals surface area contributed by atoms with Gasteiger partial charge in [-0.3, -0.25) is 0 Å². The Bertz CT molecular complexity index is 305. The molecule has 18 heavy (non-hydrogen) atoms. The second-order valence-electron chi connectivity index (χ2n) is 4.91. The molecule has 5 atom stereocenters. The van der Waals surface area contributed by atoms with Crippen LogP contribution < -0.4 is 0 Å². The average Bonchev–Trinajstić information content (AvgIpc) is 2.77. The molecule has 104 valence electrons. The molecule has 0 aliphatic carbocycles. The summed E-state index contributed by atoms with van der Waals surface area (Å²) in [4.78, 5) is 0. The van der Waals surface area contributed by atoms with Crippen molar-refractivity contribution in [1.82, 2.24) is 0 Å². The van der Waals surface area contributed by atoms with Gasteiger partial charge in [0.25, 0.3) is 0 Å². The molecule has 2 N–H and O–H groups in total. The van der Waals surface area contributed by atoms with E-state index in [0.717, 1.165) is 0 Å². The van der Waals surface area contributed by atoms with Crippen LogP contribution in [0.4, 0.5) is 0 Å². The highest BCUT2D eigenvalue weighted by Gasteiger charge is 2.56. The molecule has 0 radical (unpaired) electrons. The lowest BCUT2D eigenvalue weighted by Crippen LogP contribution is -2.44. The van der Waals surface area contributed by atoms with Crippen molar-refractivity contribution >= 4 is 0 Å². The summed E-state index contributed by atoms with van der Waals surface area (Å²) in [5, 5.41) is 18.7. The minimum atomic E-state index is -1.03. The van der Waals surface area contributed by atoms with Crippen LogP contribution in [0.15, 0.2) is 12.7 Å². The van der Waals surface area contributed by atoms with Crippen molar-refractivity contribution in [2.45, 2.75) is 50.3 Å². The molecule has 0 spiro atoms. The van der Waals surface area contributed by atoms with Crippen LogP contribution in [0.3, 0.4) is 0 Å². The van der Waals surface area contributed by atoms with Crippen molar-refractivity contribution in [3.05, 3.63) is 12.7 Å². The Morgan fingerprint density at radius 2 is 2.17 bits per heavy atom. The highest BCUT2D eigenvalue weighted by Crippen LogP contribution is 2.39. The second kappa shape index (κ2) is 5.24. The lowest BCUT2D eigenvalue weighted by atomic mass is 10.1. The fraction of sp³-hybridized carbons (Fsp3) is 0.833. The van der Waals surface area contributed by atoms with Gasteiger partial charge in [-0.05, 0) is 13.8 Å². The summed E-state index contributed by atoms with van der Waals surface area (Å²) in [6.45, 7) is 7.07. The Labute approximate surface area is 106 Å². The highest BCUT2D eigenvalue weighted by molar-refractivity contribution is 4.97. The lowest BCUT2D eigenvalue weighted by molar-refractivity contribution is -0.230. The lowest BCUT2D eigenvalue weighted by Gasteiger charge is -2.27. The molecular formula is C12H20O6. The van der Waals surface area contributed by atoms with E-state index in [1.54, 1.807) is 19.9 Å². The summed E-state index contributed by atoms with van der Waals surface area (Å²) in [5.41, 5.74) is 0. The number of hydrogen-bond donors (Lipinski definition) is 2. The van der Waals surface area contributed by atoms with Crippen LogP contribution in [0, 0.1) is 0 Å². The Morgan fingerprint density at radius 3 is 2.78 bits per heavy atom. The molecule has 0 aromatic carbocycles. The van der Waals surface area contributed by atoms with E-state index in [-0.39, 0.29) is 0 Å². The number of aliphatic hydroxyl groups excluding tert-OH is 2. The summed E-state index contributed by atoms with van der Waals surface area (Å²) in [6, 6.07) is 0. The van der Waals surface area contributed by atoms with Crippen LogP contribution in [-0.4, -0.2) is 59.9 Å². The molecular weight excluding hydrogens is 240 g/mol. The minimum absolute atomic E-state index is 0.315. The number of ether oxygens (including phenoxy) is 4. The van der Waals surface area contributed by atoms with Gasteiger partial charge in [-0.25, -0.2) is 0 Å². The summed E-state index contributed by atoms with van der Waals surface area (Å²) in [7, 11) is 0. The standard InChI is InChI=1S/C12H20O6/c1-4-5-15-9-8(7(14)6-13)16-11-10(9)17-12(2,3)18-11/h4,7-11,13-14H,1,5-6H2,2-3H3/t7?,8-,9+,10?,11+/m0/s1. The van der Waals surface area contributed by atoms with Gasteiger partial charge in [-0.1, -0.05) is 6.08 Å². The monoisotopic (exact) mass is 260 g/mol. The summed E-state index contributed by atoms with van der Waals surface area (Å²) in [5.74, 6) is -0.736. The molecule has 2 unspecified atom stereocenters. The number of fused-ring (bicyclic) bond motifs is 1. The molecule has 0 amide bonds. The van der Waals surface area contributed by atoms with E-state index < -0.39 is 43.1 Å². The Kier molecular flexibility index (Phi) is 4.05. The minimum Gasteiger partial charge on any atom is -0.394 e. The van der Waals surface area contributed by atoms with Crippen molar-refractivity contribution < 1.29 is 29.2 Å². The molecule has 2 aliphatic heterocycles. The van der Waals surface area contributed by atoms with E-state index in [9.17, 15) is 5.11 Å². The van der Waals surface area contributed by atoms with E-state index in [1.807, 2.05) is 0 Å². The zero-order chi connectivity index (χ0) is 13.3. The smallest absolute Gasteiger partial charge is 0.190 e. The van der Waals surface area contributed by atoms with Crippen molar-refractivity contribution in [1.29, 1.82) is 0 Å². The molecule has 2 heterocycles. The third-order valence-corrected chi connectivity index (χ3v) is 3.00. The van der Waals surface area contributed by atoms with Crippen LogP contribution in [0.25, 0.3) is 0 Å². The van der Waals surface area contributed by atoms with Crippen LogP contribution in [-0.2, 0) is 18.9 Å². The molecule has 2 aliphatic rings. The quantitative estimate of drug-likeness (QED) is 0.666. The average molecular weight is 260 g/mol. The third-order valence-electron chi connectivity index (χ3n) is 3.00. The second-order valence-corrected chi connectivity index (χ2v) is 4.91. The van der Waals surface area contributed by atoms with Gasteiger partial charge in [0.2, 0.25) is 0 Å². The topological polar surface area (TPSA) is 77.4 Å². The molecule has 6 nitrogen and oxygen atoms in total. The van der Waals surface area contributed by atoms with Gasteiger partial charge in [-0.15, -0.1) is 6.58 Å². The Balaban J connectivity index is 2.09.